The molecular weight excluding hydrogens is 370 g/mol. The molecule has 8 heteroatoms. The smallest absolute Gasteiger partial charge is 0.230 e. The van der Waals surface area contributed by atoms with E-state index in [0.717, 1.165) is 57.6 Å². The Morgan fingerprint density at radius 3 is 2.24 bits per heavy atom. The number of piperidine rings is 1. The molecule has 0 bridgehead atoms. The number of amides is 2. The molecule has 1 saturated carbocycles. The fraction of sp³-hybridized carbons (Fsp3) is 0.857. The third-order valence-electron chi connectivity index (χ3n) is 6.68. The second-order valence-electron chi connectivity index (χ2n) is 8.79. The summed E-state index contributed by atoms with van der Waals surface area (Å²) in [6, 6.07) is 0. The molecule has 0 atom stereocenters. The van der Waals surface area contributed by atoms with Gasteiger partial charge in [-0.15, -0.1) is 0 Å². The summed E-state index contributed by atoms with van der Waals surface area (Å²) in [6.07, 6.45) is 5.77. The van der Waals surface area contributed by atoms with E-state index in [2.05, 4.69) is 15.2 Å². The number of carbonyl (C=O) groups excluding carboxylic acids is 2. The van der Waals surface area contributed by atoms with E-state index < -0.39 is 0 Å². The number of ether oxygens (including phenoxy) is 1. The van der Waals surface area contributed by atoms with Gasteiger partial charge in [0.1, 0.15) is 0 Å². The van der Waals surface area contributed by atoms with Gasteiger partial charge in [0.25, 0.3) is 0 Å². The maximum absolute atomic E-state index is 12.8. The lowest BCUT2D eigenvalue weighted by Crippen LogP contribution is -2.53. The van der Waals surface area contributed by atoms with E-state index in [4.69, 9.17) is 4.74 Å². The van der Waals surface area contributed by atoms with Gasteiger partial charge in [-0.3, -0.25) is 14.6 Å². The van der Waals surface area contributed by atoms with Crippen LogP contribution in [0.2, 0.25) is 0 Å². The van der Waals surface area contributed by atoms with Crippen molar-refractivity contribution in [2.75, 3.05) is 67.1 Å². The largest absolute Gasteiger partial charge is 0.378 e. The Balaban J connectivity index is 1.52. The molecule has 3 fully saturated rings. The first-order chi connectivity index (χ1) is 14.0. The molecule has 2 aliphatic heterocycles. The highest BCUT2D eigenvalue weighted by Crippen LogP contribution is 2.39. The zero-order chi connectivity index (χ0) is 20.9. The van der Waals surface area contributed by atoms with Crippen LogP contribution in [-0.2, 0) is 14.3 Å². The molecule has 8 nitrogen and oxygen atoms in total. The van der Waals surface area contributed by atoms with Gasteiger partial charge in [-0.05, 0) is 25.7 Å². The highest BCUT2D eigenvalue weighted by molar-refractivity contribution is 5.85. The number of hydrogen-bond donors (Lipinski definition) is 1. The molecule has 1 N–H and O–H groups in total. The molecule has 0 unspecified atom stereocenters. The highest BCUT2D eigenvalue weighted by Gasteiger charge is 2.42. The van der Waals surface area contributed by atoms with Crippen LogP contribution in [0.4, 0.5) is 0 Å². The van der Waals surface area contributed by atoms with Crippen LogP contribution >= 0.6 is 0 Å². The average molecular weight is 408 g/mol. The van der Waals surface area contributed by atoms with Gasteiger partial charge in [-0.2, -0.15) is 0 Å². The Hall–Kier alpha value is -1.83. The van der Waals surface area contributed by atoms with Crippen molar-refractivity contribution in [1.29, 1.82) is 0 Å². The first kappa shape index (κ1) is 21.9. The maximum atomic E-state index is 12.8. The molecule has 2 amide bonds. The molecule has 2 saturated heterocycles. The summed E-state index contributed by atoms with van der Waals surface area (Å²) in [6.45, 7) is 4.98. The number of hydrogen-bond acceptors (Lipinski definition) is 4. The number of likely N-dealkylation sites (tertiary alicyclic amines) is 1. The normalized spacial score (nSPS) is 23.2. The minimum atomic E-state index is -0.315. The summed E-state index contributed by atoms with van der Waals surface area (Å²) in [4.78, 5) is 35.9. The fourth-order valence-electron chi connectivity index (χ4n) is 4.95. The monoisotopic (exact) mass is 407 g/mol. The van der Waals surface area contributed by atoms with E-state index >= 15 is 0 Å². The van der Waals surface area contributed by atoms with Gasteiger partial charge in [-0.25, -0.2) is 0 Å². The Labute approximate surface area is 174 Å². The molecule has 164 valence electrons. The molecule has 0 aromatic rings. The molecule has 29 heavy (non-hydrogen) atoms. The van der Waals surface area contributed by atoms with Crippen LogP contribution in [-0.4, -0.2) is 99.6 Å². The van der Waals surface area contributed by atoms with Crippen LogP contribution < -0.4 is 5.32 Å². The Bertz CT molecular complexity index is 601. The fourth-order valence-corrected chi connectivity index (χ4v) is 4.95. The van der Waals surface area contributed by atoms with Crippen molar-refractivity contribution >= 4 is 17.8 Å². The minimum Gasteiger partial charge on any atom is -0.378 e. The summed E-state index contributed by atoms with van der Waals surface area (Å²) in [7, 11) is 5.48. The first-order valence-electron chi connectivity index (χ1n) is 11.0. The summed E-state index contributed by atoms with van der Waals surface area (Å²) in [5.41, 5.74) is -0.315. The summed E-state index contributed by atoms with van der Waals surface area (Å²) < 4.78 is 5.36. The van der Waals surface area contributed by atoms with Crippen molar-refractivity contribution < 1.29 is 14.3 Å². The minimum absolute atomic E-state index is 0.0962. The van der Waals surface area contributed by atoms with Crippen molar-refractivity contribution in [2.24, 2.45) is 16.3 Å². The zero-order valence-electron chi connectivity index (χ0n) is 18.3. The van der Waals surface area contributed by atoms with E-state index in [1.165, 1.54) is 0 Å². The third-order valence-corrected chi connectivity index (χ3v) is 6.68. The lowest BCUT2D eigenvalue weighted by molar-refractivity contribution is -0.141. The van der Waals surface area contributed by atoms with E-state index in [-0.39, 0.29) is 23.1 Å². The van der Waals surface area contributed by atoms with E-state index in [1.54, 1.807) is 11.9 Å². The van der Waals surface area contributed by atoms with Gasteiger partial charge in [0.2, 0.25) is 11.8 Å². The topological polar surface area (TPSA) is 77.5 Å². The number of nitrogens with zero attached hydrogens (tertiary/aromatic N) is 4. The third kappa shape index (κ3) is 5.02. The number of morpholine rings is 1. The van der Waals surface area contributed by atoms with E-state index in [9.17, 15) is 9.59 Å². The van der Waals surface area contributed by atoms with Crippen molar-refractivity contribution in [2.45, 2.75) is 38.5 Å². The number of rotatable bonds is 4. The van der Waals surface area contributed by atoms with Gasteiger partial charge in [-0.1, -0.05) is 12.8 Å². The molecule has 0 radical (unpaired) electrons. The predicted molar refractivity (Wildman–Crippen MR) is 113 cm³/mol. The number of carbonyl (C=O) groups is 2. The SMILES string of the molecule is CN=C(NCC1(C(=O)N(C)C)CCCC1)N1CCC(C(=O)N2CCOCC2)CC1. The maximum Gasteiger partial charge on any atom is 0.230 e. The van der Waals surface area contributed by atoms with Crippen molar-refractivity contribution in [3.05, 3.63) is 0 Å². The van der Waals surface area contributed by atoms with Crippen LogP contribution in [0.25, 0.3) is 0 Å². The van der Waals surface area contributed by atoms with Gasteiger partial charge in [0.05, 0.1) is 18.6 Å². The molecule has 3 aliphatic rings. The quantitative estimate of drug-likeness (QED) is 0.551. The zero-order valence-corrected chi connectivity index (χ0v) is 18.3. The second kappa shape index (κ2) is 9.78. The van der Waals surface area contributed by atoms with Crippen LogP contribution in [0.15, 0.2) is 4.99 Å². The standard InChI is InChI=1S/C21H37N5O3/c1-22-20(23-16-21(8-4-5-9-21)19(28)24(2)3)26-10-6-17(7-11-26)18(27)25-12-14-29-15-13-25/h17H,4-16H2,1-3H3,(H,22,23). The molecular formula is C21H37N5O3. The van der Waals surface area contributed by atoms with Crippen molar-refractivity contribution in [3.8, 4) is 0 Å². The van der Waals surface area contributed by atoms with Crippen molar-refractivity contribution in [3.63, 3.8) is 0 Å². The van der Waals surface area contributed by atoms with Crippen LogP contribution in [0, 0.1) is 11.3 Å². The Morgan fingerprint density at radius 2 is 1.69 bits per heavy atom. The van der Waals surface area contributed by atoms with Crippen LogP contribution in [0.3, 0.4) is 0 Å². The summed E-state index contributed by atoms with van der Waals surface area (Å²) in [5, 5.41) is 3.48. The number of aliphatic imine (C=N–C) groups is 1. The Kier molecular flexibility index (Phi) is 7.38. The molecule has 3 rings (SSSR count). The Morgan fingerprint density at radius 1 is 1.07 bits per heavy atom. The predicted octanol–water partition coefficient (Wildman–Crippen LogP) is 0.781. The van der Waals surface area contributed by atoms with Crippen LogP contribution in [0.1, 0.15) is 38.5 Å². The van der Waals surface area contributed by atoms with Gasteiger partial charge < -0.3 is 24.8 Å². The average Bonchev–Trinajstić information content (AvgIpc) is 3.24. The lowest BCUT2D eigenvalue weighted by atomic mass is 9.84. The second-order valence-corrected chi connectivity index (χ2v) is 8.79. The van der Waals surface area contributed by atoms with Crippen LogP contribution in [0.5, 0.6) is 0 Å². The van der Waals surface area contributed by atoms with E-state index in [0.29, 0.717) is 32.8 Å². The number of nitrogens with one attached hydrogen (secondary N) is 1. The number of guanidine groups is 1. The van der Waals surface area contributed by atoms with Crippen molar-refractivity contribution in [1.82, 2.24) is 20.0 Å². The highest BCUT2D eigenvalue weighted by atomic mass is 16.5. The summed E-state index contributed by atoms with van der Waals surface area (Å²) >= 11 is 0. The summed E-state index contributed by atoms with van der Waals surface area (Å²) in [5.74, 6) is 1.43. The van der Waals surface area contributed by atoms with Gasteiger partial charge in [0.15, 0.2) is 5.96 Å². The molecule has 0 aromatic heterocycles. The molecule has 0 aromatic carbocycles. The van der Waals surface area contributed by atoms with E-state index in [1.807, 2.05) is 19.0 Å². The molecule has 2 heterocycles. The van der Waals surface area contributed by atoms with Gasteiger partial charge in [0, 0.05) is 59.8 Å². The molecule has 0 spiro atoms. The molecule has 1 aliphatic carbocycles. The first-order valence-corrected chi connectivity index (χ1v) is 11.0. The van der Waals surface area contributed by atoms with Gasteiger partial charge >= 0.3 is 0 Å². The lowest BCUT2D eigenvalue weighted by Gasteiger charge is -2.38.